The van der Waals surface area contributed by atoms with Gasteiger partial charge >= 0.3 is 0 Å². The Bertz CT molecular complexity index is 312. The molecule has 0 atom stereocenters. The van der Waals surface area contributed by atoms with Crippen LogP contribution in [-0.4, -0.2) is 13.7 Å². The third-order valence-electron chi connectivity index (χ3n) is 2.21. The second-order valence-electron chi connectivity index (χ2n) is 3.31. The molecule has 0 aliphatic carbocycles. The lowest BCUT2D eigenvalue weighted by Gasteiger charge is -2.09. The van der Waals surface area contributed by atoms with Gasteiger partial charge in [0, 0.05) is 0 Å². The summed E-state index contributed by atoms with van der Waals surface area (Å²) in [5.41, 5.74) is 6.90. The molecule has 1 rings (SSSR count). The molecule has 0 aromatic heterocycles. The highest BCUT2D eigenvalue weighted by atomic mass is 19.1. The van der Waals surface area contributed by atoms with Crippen LogP contribution in [0, 0.1) is 12.7 Å². The quantitative estimate of drug-likeness (QED) is 0.801. The van der Waals surface area contributed by atoms with E-state index in [0.29, 0.717) is 12.1 Å². The number of hydrogen-bond donors (Lipinski definition) is 1. The molecule has 0 fully saturated rings. The number of halogens is 1. The zero-order valence-corrected chi connectivity index (χ0v) is 8.64. The van der Waals surface area contributed by atoms with Crippen molar-refractivity contribution >= 4 is 0 Å². The topological polar surface area (TPSA) is 35.2 Å². The molecule has 0 aliphatic rings. The molecule has 0 heterocycles. The van der Waals surface area contributed by atoms with Crippen LogP contribution in [0.1, 0.15) is 17.5 Å². The van der Waals surface area contributed by atoms with Crippen molar-refractivity contribution in [2.45, 2.75) is 19.8 Å². The molecule has 0 aliphatic heterocycles. The van der Waals surface area contributed by atoms with Gasteiger partial charge in [-0.1, -0.05) is 0 Å². The number of rotatable bonds is 4. The van der Waals surface area contributed by atoms with Crippen LogP contribution in [0.25, 0.3) is 0 Å². The maximum Gasteiger partial charge on any atom is 0.126 e. The molecule has 1 aromatic rings. The normalized spacial score (nSPS) is 10.3. The standard InChI is InChI=1S/C11H16FNO/c1-8-6-11(14-2)9(4-3-5-13)7-10(8)12/h6-7H,3-5,13H2,1-2H3. The van der Waals surface area contributed by atoms with Crippen LogP contribution in [0.5, 0.6) is 5.75 Å². The highest BCUT2D eigenvalue weighted by Crippen LogP contribution is 2.23. The van der Waals surface area contributed by atoms with Crippen molar-refractivity contribution in [1.29, 1.82) is 0 Å². The van der Waals surface area contributed by atoms with Crippen LogP contribution < -0.4 is 10.5 Å². The lowest BCUT2D eigenvalue weighted by molar-refractivity contribution is 0.407. The average molecular weight is 197 g/mol. The van der Waals surface area contributed by atoms with Gasteiger partial charge < -0.3 is 10.5 Å². The van der Waals surface area contributed by atoms with E-state index in [-0.39, 0.29) is 5.82 Å². The molecule has 78 valence electrons. The summed E-state index contributed by atoms with van der Waals surface area (Å²) in [4.78, 5) is 0. The predicted molar refractivity (Wildman–Crippen MR) is 55.1 cm³/mol. The minimum Gasteiger partial charge on any atom is -0.496 e. The third kappa shape index (κ3) is 2.45. The van der Waals surface area contributed by atoms with Crippen molar-refractivity contribution < 1.29 is 9.13 Å². The lowest BCUT2D eigenvalue weighted by Crippen LogP contribution is -2.02. The number of nitrogens with two attached hydrogens (primary N) is 1. The fraction of sp³-hybridized carbons (Fsp3) is 0.455. The van der Waals surface area contributed by atoms with Crippen LogP contribution in [0.2, 0.25) is 0 Å². The molecule has 0 saturated heterocycles. The van der Waals surface area contributed by atoms with E-state index in [0.717, 1.165) is 24.2 Å². The second kappa shape index (κ2) is 4.96. The highest BCUT2D eigenvalue weighted by molar-refractivity contribution is 5.38. The third-order valence-corrected chi connectivity index (χ3v) is 2.21. The van der Waals surface area contributed by atoms with Gasteiger partial charge in [0.15, 0.2) is 0 Å². The van der Waals surface area contributed by atoms with Gasteiger partial charge in [-0.3, -0.25) is 0 Å². The molecule has 0 amide bonds. The highest BCUT2D eigenvalue weighted by Gasteiger charge is 2.07. The fourth-order valence-electron chi connectivity index (χ4n) is 1.37. The van der Waals surface area contributed by atoms with Crippen LogP contribution in [0.3, 0.4) is 0 Å². The van der Waals surface area contributed by atoms with Crippen LogP contribution in [-0.2, 0) is 6.42 Å². The smallest absolute Gasteiger partial charge is 0.126 e. The minimum absolute atomic E-state index is 0.183. The molecular formula is C11H16FNO. The number of hydrogen-bond acceptors (Lipinski definition) is 2. The summed E-state index contributed by atoms with van der Waals surface area (Å²) in [5.74, 6) is 0.565. The molecule has 0 saturated carbocycles. The Balaban J connectivity index is 2.95. The largest absolute Gasteiger partial charge is 0.496 e. The first-order valence-electron chi connectivity index (χ1n) is 4.72. The van der Waals surface area contributed by atoms with Crippen LogP contribution >= 0.6 is 0 Å². The molecule has 0 unspecified atom stereocenters. The molecule has 14 heavy (non-hydrogen) atoms. The Morgan fingerprint density at radius 2 is 2.14 bits per heavy atom. The molecular weight excluding hydrogens is 181 g/mol. The maximum absolute atomic E-state index is 13.2. The van der Waals surface area contributed by atoms with Gasteiger partial charge in [-0.15, -0.1) is 0 Å². The Kier molecular flexibility index (Phi) is 3.89. The van der Waals surface area contributed by atoms with Gasteiger partial charge in [0.25, 0.3) is 0 Å². The van der Waals surface area contributed by atoms with E-state index < -0.39 is 0 Å². The summed E-state index contributed by atoms with van der Waals surface area (Å²) >= 11 is 0. The van der Waals surface area contributed by atoms with Crippen molar-refractivity contribution in [3.63, 3.8) is 0 Å². The lowest BCUT2D eigenvalue weighted by atomic mass is 10.1. The number of methoxy groups -OCH3 is 1. The summed E-state index contributed by atoms with van der Waals surface area (Å²) in [6.45, 7) is 2.34. The van der Waals surface area contributed by atoms with Crippen LogP contribution in [0.4, 0.5) is 4.39 Å². The van der Waals surface area contributed by atoms with E-state index in [4.69, 9.17) is 10.5 Å². The van der Waals surface area contributed by atoms with Crippen molar-refractivity contribution in [1.82, 2.24) is 0 Å². The molecule has 0 radical (unpaired) electrons. The van der Waals surface area contributed by atoms with Gasteiger partial charge in [-0.2, -0.15) is 0 Å². The van der Waals surface area contributed by atoms with E-state index in [1.54, 1.807) is 20.1 Å². The van der Waals surface area contributed by atoms with E-state index in [2.05, 4.69) is 0 Å². The summed E-state index contributed by atoms with van der Waals surface area (Å²) in [6.07, 6.45) is 1.61. The van der Waals surface area contributed by atoms with Gasteiger partial charge in [-0.05, 0) is 49.6 Å². The predicted octanol–water partition coefficient (Wildman–Crippen LogP) is 2.03. The first-order valence-corrected chi connectivity index (χ1v) is 4.72. The van der Waals surface area contributed by atoms with E-state index >= 15 is 0 Å². The Morgan fingerprint density at radius 1 is 1.43 bits per heavy atom. The number of benzene rings is 1. The van der Waals surface area contributed by atoms with Crippen molar-refractivity contribution in [2.75, 3.05) is 13.7 Å². The van der Waals surface area contributed by atoms with E-state index in [9.17, 15) is 4.39 Å². The second-order valence-corrected chi connectivity index (χ2v) is 3.31. The van der Waals surface area contributed by atoms with Crippen molar-refractivity contribution in [3.05, 3.63) is 29.1 Å². The van der Waals surface area contributed by atoms with Crippen molar-refractivity contribution in [3.8, 4) is 5.75 Å². The van der Waals surface area contributed by atoms with E-state index in [1.807, 2.05) is 0 Å². The Hall–Kier alpha value is -1.09. The minimum atomic E-state index is -0.183. The number of ether oxygens (including phenoxy) is 1. The van der Waals surface area contributed by atoms with Gasteiger partial charge in [0.2, 0.25) is 0 Å². The van der Waals surface area contributed by atoms with E-state index in [1.165, 1.54) is 6.07 Å². The molecule has 0 bridgehead atoms. The summed E-state index contributed by atoms with van der Waals surface area (Å²) in [5, 5.41) is 0. The van der Waals surface area contributed by atoms with Gasteiger partial charge in [0.1, 0.15) is 11.6 Å². The molecule has 2 nitrogen and oxygen atoms in total. The first kappa shape index (κ1) is 11.0. The summed E-state index contributed by atoms with van der Waals surface area (Å²) in [6, 6.07) is 3.25. The Labute approximate surface area is 83.9 Å². The summed E-state index contributed by atoms with van der Waals surface area (Å²) < 4.78 is 18.4. The maximum atomic E-state index is 13.2. The monoisotopic (exact) mass is 197 g/mol. The first-order chi connectivity index (χ1) is 6.69. The van der Waals surface area contributed by atoms with Crippen LogP contribution in [0.15, 0.2) is 12.1 Å². The fourth-order valence-corrected chi connectivity index (χ4v) is 1.37. The number of aryl methyl sites for hydroxylation is 2. The van der Waals surface area contributed by atoms with Gasteiger partial charge in [-0.25, -0.2) is 4.39 Å². The molecule has 2 N–H and O–H groups in total. The average Bonchev–Trinajstić information content (AvgIpc) is 2.19. The summed E-state index contributed by atoms with van der Waals surface area (Å²) in [7, 11) is 1.60. The molecule has 3 heteroatoms. The molecule has 0 spiro atoms. The zero-order chi connectivity index (χ0) is 10.6. The SMILES string of the molecule is COc1cc(C)c(F)cc1CCCN. The zero-order valence-electron chi connectivity index (χ0n) is 8.64. The van der Waals surface area contributed by atoms with Crippen molar-refractivity contribution in [2.24, 2.45) is 5.73 Å². The Morgan fingerprint density at radius 3 is 2.71 bits per heavy atom. The van der Waals surface area contributed by atoms with Gasteiger partial charge in [0.05, 0.1) is 7.11 Å². The molecule has 1 aromatic carbocycles.